The van der Waals surface area contributed by atoms with Gasteiger partial charge in [-0.3, -0.25) is 19.6 Å². The molecule has 2 aromatic rings. The van der Waals surface area contributed by atoms with Gasteiger partial charge in [-0.05, 0) is 12.1 Å². The molecular weight excluding hydrogens is 255 g/mol. The van der Waals surface area contributed by atoms with Crippen LogP contribution in [-0.4, -0.2) is 20.6 Å². The van der Waals surface area contributed by atoms with Crippen molar-refractivity contribution in [1.29, 1.82) is 0 Å². The zero-order valence-corrected chi connectivity index (χ0v) is 9.83. The third kappa shape index (κ3) is 2.57. The molecule has 7 nitrogen and oxygen atoms in total. The number of carbonyl (C=O) groups is 1. The van der Waals surface area contributed by atoms with E-state index in [1.54, 1.807) is 7.05 Å². The Bertz CT molecular complexity index is 653. The van der Waals surface area contributed by atoms with Gasteiger partial charge >= 0.3 is 0 Å². The number of nitrogens with one attached hydrogen (secondary N) is 1. The van der Waals surface area contributed by atoms with Crippen molar-refractivity contribution in [3.05, 3.63) is 52.0 Å². The van der Waals surface area contributed by atoms with Crippen molar-refractivity contribution in [2.45, 2.75) is 0 Å². The standard InChI is InChI=1S/C11H9FN4O3/c1-15-10(4-5-13-15)14-11(17)8-6-7(12)2-3-9(8)16(18)19/h2-6H,1H3,(H,14,17). The van der Waals surface area contributed by atoms with E-state index in [0.717, 1.165) is 18.2 Å². The van der Waals surface area contributed by atoms with Crippen LogP contribution in [0, 0.1) is 15.9 Å². The number of halogens is 1. The molecular formula is C11H9FN4O3. The molecule has 0 aliphatic heterocycles. The fraction of sp³-hybridized carbons (Fsp3) is 0.0909. The SMILES string of the molecule is Cn1nccc1NC(=O)c1cc(F)ccc1[N+](=O)[O-]. The van der Waals surface area contributed by atoms with Crippen LogP contribution in [-0.2, 0) is 7.05 Å². The first-order chi connectivity index (χ1) is 8.99. The van der Waals surface area contributed by atoms with E-state index in [2.05, 4.69) is 10.4 Å². The molecule has 2 rings (SSSR count). The lowest BCUT2D eigenvalue weighted by atomic mass is 10.1. The van der Waals surface area contributed by atoms with Crippen molar-refractivity contribution in [3.8, 4) is 0 Å². The first kappa shape index (κ1) is 12.7. The zero-order valence-electron chi connectivity index (χ0n) is 9.83. The van der Waals surface area contributed by atoms with Crippen LogP contribution in [0.2, 0.25) is 0 Å². The lowest BCUT2D eigenvalue weighted by molar-refractivity contribution is -0.385. The minimum Gasteiger partial charge on any atom is -0.307 e. The molecule has 0 aliphatic carbocycles. The van der Waals surface area contributed by atoms with Gasteiger partial charge in [0, 0.05) is 19.2 Å². The van der Waals surface area contributed by atoms with E-state index in [9.17, 15) is 19.3 Å². The normalized spacial score (nSPS) is 10.2. The molecule has 1 N–H and O–H groups in total. The van der Waals surface area contributed by atoms with Crippen LogP contribution < -0.4 is 5.32 Å². The smallest absolute Gasteiger partial charge is 0.282 e. The zero-order chi connectivity index (χ0) is 14.0. The molecule has 0 atom stereocenters. The number of amides is 1. The highest BCUT2D eigenvalue weighted by Gasteiger charge is 2.21. The molecule has 0 fully saturated rings. The van der Waals surface area contributed by atoms with Crippen molar-refractivity contribution in [2.75, 3.05) is 5.32 Å². The summed E-state index contributed by atoms with van der Waals surface area (Å²) in [5.41, 5.74) is -0.799. The summed E-state index contributed by atoms with van der Waals surface area (Å²) >= 11 is 0. The van der Waals surface area contributed by atoms with E-state index in [1.807, 2.05) is 0 Å². The maximum atomic E-state index is 13.1. The van der Waals surface area contributed by atoms with E-state index in [-0.39, 0.29) is 5.56 Å². The highest BCUT2D eigenvalue weighted by molar-refractivity contribution is 6.06. The number of benzene rings is 1. The Balaban J connectivity index is 2.36. The molecule has 0 spiro atoms. The van der Waals surface area contributed by atoms with Crippen LogP contribution in [0.25, 0.3) is 0 Å². The second-order valence-corrected chi connectivity index (χ2v) is 3.71. The molecule has 0 saturated heterocycles. The maximum Gasteiger partial charge on any atom is 0.282 e. The van der Waals surface area contributed by atoms with Crippen molar-refractivity contribution >= 4 is 17.4 Å². The minimum absolute atomic E-state index is 0.341. The van der Waals surface area contributed by atoms with E-state index in [4.69, 9.17) is 0 Å². The summed E-state index contributed by atoms with van der Waals surface area (Å²) < 4.78 is 14.5. The number of carbonyl (C=O) groups excluding carboxylic acids is 1. The second-order valence-electron chi connectivity index (χ2n) is 3.71. The quantitative estimate of drug-likeness (QED) is 0.675. The van der Waals surface area contributed by atoms with Crippen LogP contribution >= 0.6 is 0 Å². The summed E-state index contributed by atoms with van der Waals surface area (Å²) in [5.74, 6) is -1.14. The molecule has 0 unspecified atom stereocenters. The second kappa shape index (κ2) is 4.84. The molecule has 1 heterocycles. The van der Waals surface area contributed by atoms with Gasteiger partial charge in [0.15, 0.2) is 0 Å². The van der Waals surface area contributed by atoms with E-state index in [0.29, 0.717) is 5.82 Å². The van der Waals surface area contributed by atoms with Gasteiger partial charge in [0.25, 0.3) is 11.6 Å². The van der Waals surface area contributed by atoms with Gasteiger partial charge in [0.1, 0.15) is 17.2 Å². The Hall–Kier alpha value is -2.77. The van der Waals surface area contributed by atoms with E-state index in [1.165, 1.54) is 16.9 Å². The number of aryl methyl sites for hydroxylation is 1. The minimum atomic E-state index is -0.769. The first-order valence-corrected chi connectivity index (χ1v) is 5.22. The fourth-order valence-electron chi connectivity index (χ4n) is 1.53. The predicted octanol–water partition coefficient (Wildman–Crippen LogP) is 1.72. The summed E-state index contributed by atoms with van der Waals surface area (Å²) in [4.78, 5) is 22.0. The molecule has 98 valence electrons. The van der Waals surface area contributed by atoms with Crippen LogP contribution in [0.4, 0.5) is 15.9 Å². The largest absolute Gasteiger partial charge is 0.307 e. The molecule has 19 heavy (non-hydrogen) atoms. The number of nitro groups is 1. The molecule has 0 aliphatic rings. The average molecular weight is 264 g/mol. The summed E-state index contributed by atoms with van der Waals surface area (Å²) in [5, 5.41) is 17.0. The molecule has 1 aromatic carbocycles. The van der Waals surface area contributed by atoms with Gasteiger partial charge in [-0.1, -0.05) is 0 Å². The third-order valence-electron chi connectivity index (χ3n) is 2.46. The Morgan fingerprint density at radius 2 is 2.21 bits per heavy atom. The molecule has 1 aromatic heterocycles. The maximum absolute atomic E-state index is 13.1. The van der Waals surface area contributed by atoms with Crippen LogP contribution in [0.1, 0.15) is 10.4 Å². The van der Waals surface area contributed by atoms with E-state index >= 15 is 0 Å². The Morgan fingerprint density at radius 1 is 1.47 bits per heavy atom. The number of nitrogens with zero attached hydrogens (tertiary/aromatic N) is 3. The van der Waals surface area contributed by atoms with Gasteiger partial charge in [-0.25, -0.2) is 4.39 Å². The topological polar surface area (TPSA) is 90.1 Å². The van der Waals surface area contributed by atoms with Crippen molar-refractivity contribution < 1.29 is 14.1 Å². The number of rotatable bonds is 3. The lowest BCUT2D eigenvalue weighted by Crippen LogP contribution is -2.16. The highest BCUT2D eigenvalue weighted by Crippen LogP contribution is 2.20. The fourth-order valence-corrected chi connectivity index (χ4v) is 1.53. The summed E-state index contributed by atoms with van der Waals surface area (Å²) in [6, 6.07) is 4.22. The number of anilines is 1. The number of hydrogen-bond acceptors (Lipinski definition) is 4. The molecule has 8 heteroatoms. The number of hydrogen-bond donors (Lipinski definition) is 1. The molecule has 1 amide bonds. The Kier molecular flexibility index (Phi) is 3.23. The molecule has 0 bridgehead atoms. The summed E-state index contributed by atoms with van der Waals surface area (Å²) in [6.07, 6.45) is 1.45. The Morgan fingerprint density at radius 3 is 2.79 bits per heavy atom. The summed E-state index contributed by atoms with van der Waals surface area (Å²) in [6.45, 7) is 0. The average Bonchev–Trinajstić information content (AvgIpc) is 2.74. The summed E-state index contributed by atoms with van der Waals surface area (Å²) in [7, 11) is 1.59. The van der Waals surface area contributed by atoms with E-state index < -0.39 is 22.3 Å². The molecule has 0 saturated carbocycles. The van der Waals surface area contributed by atoms with Gasteiger partial charge in [0.05, 0.1) is 11.1 Å². The van der Waals surface area contributed by atoms with Crippen molar-refractivity contribution in [2.24, 2.45) is 7.05 Å². The van der Waals surface area contributed by atoms with Crippen LogP contribution in [0.15, 0.2) is 30.5 Å². The monoisotopic (exact) mass is 264 g/mol. The Labute approximate surface area is 106 Å². The van der Waals surface area contributed by atoms with Gasteiger partial charge in [0.2, 0.25) is 0 Å². The van der Waals surface area contributed by atoms with Gasteiger partial charge in [-0.15, -0.1) is 0 Å². The first-order valence-electron chi connectivity index (χ1n) is 5.22. The predicted molar refractivity (Wildman–Crippen MR) is 64.2 cm³/mol. The van der Waals surface area contributed by atoms with Crippen LogP contribution in [0.3, 0.4) is 0 Å². The number of nitro benzene ring substituents is 1. The lowest BCUT2D eigenvalue weighted by Gasteiger charge is -2.05. The van der Waals surface area contributed by atoms with Crippen molar-refractivity contribution in [3.63, 3.8) is 0 Å². The number of aromatic nitrogens is 2. The van der Waals surface area contributed by atoms with Gasteiger partial charge in [-0.2, -0.15) is 5.10 Å². The van der Waals surface area contributed by atoms with Crippen molar-refractivity contribution in [1.82, 2.24) is 9.78 Å². The van der Waals surface area contributed by atoms with Crippen LogP contribution in [0.5, 0.6) is 0 Å². The third-order valence-corrected chi connectivity index (χ3v) is 2.46. The molecule has 0 radical (unpaired) electrons. The highest BCUT2D eigenvalue weighted by atomic mass is 19.1. The van der Waals surface area contributed by atoms with Gasteiger partial charge < -0.3 is 5.32 Å².